The van der Waals surface area contributed by atoms with Crippen LogP contribution in [0, 0.1) is 0 Å². The molecule has 1 aromatic heterocycles. The Bertz CT molecular complexity index is 349. The number of piperidine rings is 1. The molecule has 0 spiro atoms. The summed E-state index contributed by atoms with van der Waals surface area (Å²) >= 11 is 0. The lowest BCUT2D eigenvalue weighted by atomic mass is 10.1. The summed E-state index contributed by atoms with van der Waals surface area (Å²) in [7, 11) is 0. The van der Waals surface area contributed by atoms with Crippen molar-refractivity contribution < 1.29 is 4.79 Å². The van der Waals surface area contributed by atoms with Gasteiger partial charge in [-0.15, -0.1) is 0 Å². The van der Waals surface area contributed by atoms with Crippen LogP contribution < -0.4 is 5.32 Å². The highest BCUT2D eigenvalue weighted by atomic mass is 16.2. The van der Waals surface area contributed by atoms with Crippen molar-refractivity contribution in [3.8, 4) is 0 Å². The van der Waals surface area contributed by atoms with Crippen LogP contribution in [-0.2, 0) is 11.3 Å². The normalized spacial score (nSPS) is 15.9. The van der Waals surface area contributed by atoms with E-state index in [1.807, 2.05) is 4.90 Å². The lowest BCUT2D eigenvalue weighted by Gasteiger charge is -2.26. The van der Waals surface area contributed by atoms with E-state index in [1.165, 1.54) is 6.42 Å². The van der Waals surface area contributed by atoms with Crippen molar-refractivity contribution >= 4 is 5.91 Å². The lowest BCUT2D eigenvalue weighted by molar-refractivity contribution is -0.131. The van der Waals surface area contributed by atoms with Crippen LogP contribution in [0.25, 0.3) is 0 Å². The first-order valence-electron chi connectivity index (χ1n) is 6.10. The quantitative estimate of drug-likeness (QED) is 0.828. The minimum Gasteiger partial charge on any atom is -0.342 e. The number of nitrogens with zero attached hydrogens (tertiary/aromatic N) is 3. The SMILES string of the molecule is O=C(CNCc1ncccn1)N1CCCCC1. The van der Waals surface area contributed by atoms with Crippen LogP contribution in [0.5, 0.6) is 0 Å². The van der Waals surface area contributed by atoms with Crippen LogP contribution in [-0.4, -0.2) is 40.4 Å². The van der Waals surface area contributed by atoms with Gasteiger partial charge in [-0.2, -0.15) is 0 Å². The number of hydrogen-bond donors (Lipinski definition) is 1. The molecular formula is C12H18N4O. The smallest absolute Gasteiger partial charge is 0.236 e. The number of nitrogens with one attached hydrogen (secondary N) is 1. The van der Waals surface area contributed by atoms with Gasteiger partial charge >= 0.3 is 0 Å². The largest absolute Gasteiger partial charge is 0.342 e. The van der Waals surface area contributed by atoms with E-state index in [2.05, 4.69) is 15.3 Å². The van der Waals surface area contributed by atoms with Gasteiger partial charge in [0.2, 0.25) is 5.91 Å². The van der Waals surface area contributed by atoms with Gasteiger partial charge in [0, 0.05) is 25.5 Å². The molecule has 0 saturated carbocycles. The predicted molar refractivity (Wildman–Crippen MR) is 64.2 cm³/mol. The Kier molecular flexibility index (Phi) is 4.44. The Hall–Kier alpha value is -1.49. The molecule has 5 nitrogen and oxygen atoms in total. The first kappa shape index (κ1) is 12.0. The van der Waals surface area contributed by atoms with Gasteiger partial charge in [-0.05, 0) is 25.3 Å². The first-order chi connectivity index (χ1) is 8.36. The average Bonchev–Trinajstić information content (AvgIpc) is 2.41. The Morgan fingerprint density at radius 2 is 1.94 bits per heavy atom. The summed E-state index contributed by atoms with van der Waals surface area (Å²) in [5, 5.41) is 3.08. The molecule has 2 heterocycles. The van der Waals surface area contributed by atoms with Crippen molar-refractivity contribution in [1.29, 1.82) is 0 Å². The number of likely N-dealkylation sites (tertiary alicyclic amines) is 1. The van der Waals surface area contributed by atoms with Crippen molar-refractivity contribution in [2.45, 2.75) is 25.8 Å². The molecule has 1 amide bonds. The summed E-state index contributed by atoms with van der Waals surface area (Å²) in [6.07, 6.45) is 6.92. The van der Waals surface area contributed by atoms with Gasteiger partial charge < -0.3 is 10.2 Å². The number of aromatic nitrogens is 2. The standard InChI is InChI=1S/C12H18N4O/c17-12(16-7-2-1-3-8-16)10-13-9-11-14-5-4-6-15-11/h4-6,13H,1-3,7-10H2. The van der Waals surface area contributed by atoms with Crippen molar-refractivity contribution in [3.63, 3.8) is 0 Å². The Balaban J connectivity index is 1.69. The third-order valence-electron chi connectivity index (χ3n) is 2.89. The fourth-order valence-electron chi connectivity index (χ4n) is 1.96. The molecule has 1 saturated heterocycles. The second-order valence-electron chi connectivity index (χ2n) is 4.21. The molecule has 1 N–H and O–H groups in total. The van der Waals surface area contributed by atoms with Gasteiger partial charge in [0.15, 0.2) is 0 Å². The molecular weight excluding hydrogens is 216 g/mol. The molecule has 0 unspecified atom stereocenters. The number of hydrogen-bond acceptors (Lipinski definition) is 4. The van der Waals surface area contributed by atoms with E-state index < -0.39 is 0 Å². The Morgan fingerprint density at radius 3 is 2.65 bits per heavy atom. The predicted octanol–water partition coefficient (Wildman–Crippen LogP) is 0.579. The summed E-state index contributed by atoms with van der Waals surface area (Å²) in [4.78, 5) is 21.9. The van der Waals surface area contributed by atoms with Crippen molar-refractivity contribution in [1.82, 2.24) is 20.2 Å². The zero-order valence-electron chi connectivity index (χ0n) is 9.93. The monoisotopic (exact) mass is 234 g/mol. The second-order valence-corrected chi connectivity index (χ2v) is 4.21. The van der Waals surface area contributed by atoms with Gasteiger partial charge in [-0.1, -0.05) is 0 Å². The fourth-order valence-corrected chi connectivity index (χ4v) is 1.96. The maximum Gasteiger partial charge on any atom is 0.236 e. The van der Waals surface area contributed by atoms with Crippen molar-refractivity contribution in [2.24, 2.45) is 0 Å². The summed E-state index contributed by atoms with van der Waals surface area (Å²) in [6.45, 7) is 2.73. The molecule has 92 valence electrons. The fraction of sp³-hybridized carbons (Fsp3) is 0.583. The van der Waals surface area contributed by atoms with Crippen LogP contribution in [0.1, 0.15) is 25.1 Å². The van der Waals surface area contributed by atoms with E-state index >= 15 is 0 Å². The first-order valence-corrected chi connectivity index (χ1v) is 6.10. The maximum absolute atomic E-state index is 11.8. The number of rotatable bonds is 4. The topological polar surface area (TPSA) is 58.1 Å². The average molecular weight is 234 g/mol. The second kappa shape index (κ2) is 6.30. The highest BCUT2D eigenvalue weighted by molar-refractivity contribution is 5.78. The van der Waals surface area contributed by atoms with E-state index in [1.54, 1.807) is 18.5 Å². The zero-order chi connectivity index (χ0) is 11.9. The van der Waals surface area contributed by atoms with Gasteiger partial charge in [0.25, 0.3) is 0 Å². The molecule has 2 rings (SSSR count). The van der Waals surface area contributed by atoms with E-state index in [9.17, 15) is 4.79 Å². The molecule has 1 fully saturated rings. The summed E-state index contributed by atoms with van der Waals surface area (Å²) in [6, 6.07) is 1.78. The molecule has 0 bridgehead atoms. The minimum absolute atomic E-state index is 0.181. The van der Waals surface area contributed by atoms with Crippen molar-refractivity contribution in [3.05, 3.63) is 24.3 Å². The van der Waals surface area contributed by atoms with Gasteiger partial charge in [-0.3, -0.25) is 4.79 Å². The van der Waals surface area contributed by atoms with E-state index in [0.717, 1.165) is 31.8 Å². The van der Waals surface area contributed by atoms with E-state index in [0.29, 0.717) is 13.1 Å². The molecule has 1 aromatic rings. The highest BCUT2D eigenvalue weighted by Crippen LogP contribution is 2.08. The Labute approximate surface area is 101 Å². The molecule has 1 aliphatic rings. The van der Waals surface area contributed by atoms with Crippen LogP contribution >= 0.6 is 0 Å². The number of carbonyl (C=O) groups excluding carboxylic acids is 1. The third-order valence-corrected chi connectivity index (χ3v) is 2.89. The van der Waals surface area contributed by atoms with Gasteiger partial charge in [0.05, 0.1) is 13.1 Å². The summed E-state index contributed by atoms with van der Waals surface area (Å²) < 4.78 is 0. The van der Waals surface area contributed by atoms with E-state index in [-0.39, 0.29) is 5.91 Å². The number of carbonyl (C=O) groups is 1. The van der Waals surface area contributed by atoms with Crippen LogP contribution in [0.3, 0.4) is 0 Å². The van der Waals surface area contributed by atoms with Crippen LogP contribution in [0.4, 0.5) is 0 Å². The third kappa shape index (κ3) is 3.78. The molecule has 1 aliphatic heterocycles. The molecule has 0 atom stereocenters. The lowest BCUT2D eigenvalue weighted by Crippen LogP contribution is -2.41. The molecule has 0 aliphatic carbocycles. The van der Waals surface area contributed by atoms with Crippen LogP contribution in [0.15, 0.2) is 18.5 Å². The summed E-state index contributed by atoms with van der Waals surface area (Å²) in [5.74, 6) is 0.902. The minimum atomic E-state index is 0.181. The molecule has 17 heavy (non-hydrogen) atoms. The molecule has 0 radical (unpaired) electrons. The highest BCUT2D eigenvalue weighted by Gasteiger charge is 2.15. The summed E-state index contributed by atoms with van der Waals surface area (Å²) in [5.41, 5.74) is 0. The van der Waals surface area contributed by atoms with Crippen molar-refractivity contribution in [2.75, 3.05) is 19.6 Å². The van der Waals surface area contributed by atoms with Gasteiger partial charge in [-0.25, -0.2) is 9.97 Å². The molecule has 5 heteroatoms. The van der Waals surface area contributed by atoms with Crippen LogP contribution in [0.2, 0.25) is 0 Å². The maximum atomic E-state index is 11.8. The Morgan fingerprint density at radius 1 is 1.24 bits per heavy atom. The molecule has 0 aromatic carbocycles. The zero-order valence-corrected chi connectivity index (χ0v) is 9.93. The van der Waals surface area contributed by atoms with Gasteiger partial charge in [0.1, 0.15) is 5.82 Å². The number of amides is 1. The van der Waals surface area contributed by atoms with E-state index in [4.69, 9.17) is 0 Å².